The number of aromatic hydroxyl groups is 1. The molecule has 2 aliphatic rings. The molecule has 11 heteroatoms. The second-order valence-corrected chi connectivity index (χ2v) is 9.56. The SMILES string of the molecule is COC(=O)C(Cc1ccc(O)cc1)NC(=O)CCCCCn1c2nc(=O)[nH]c(=O)c-2nc2cc(C)c(C)cc21. The van der Waals surface area contributed by atoms with Crippen LogP contribution in [0.15, 0.2) is 46.0 Å². The number of nitrogens with one attached hydrogen (secondary N) is 2. The number of phenols is 1. The zero-order valence-electron chi connectivity index (χ0n) is 22.1. The highest BCUT2D eigenvalue weighted by atomic mass is 16.5. The average molecular weight is 534 g/mol. The first-order chi connectivity index (χ1) is 18.7. The zero-order valence-corrected chi connectivity index (χ0v) is 22.1. The maximum Gasteiger partial charge on any atom is 0.349 e. The van der Waals surface area contributed by atoms with Crippen molar-refractivity contribution in [3.8, 4) is 17.3 Å². The number of hydrogen-bond donors (Lipinski definition) is 3. The van der Waals surface area contributed by atoms with E-state index in [1.807, 2.05) is 30.5 Å². The molecule has 3 N–H and O–H groups in total. The molecular weight excluding hydrogens is 502 g/mol. The average Bonchev–Trinajstić information content (AvgIpc) is 2.90. The van der Waals surface area contributed by atoms with Gasteiger partial charge < -0.3 is 19.7 Å². The predicted octanol–water partition coefficient (Wildman–Crippen LogP) is 2.37. The van der Waals surface area contributed by atoms with Gasteiger partial charge in [-0.3, -0.25) is 14.6 Å². The molecule has 1 amide bonds. The van der Waals surface area contributed by atoms with Crippen LogP contribution in [0, 0.1) is 13.8 Å². The van der Waals surface area contributed by atoms with Crippen LogP contribution in [0.3, 0.4) is 0 Å². The van der Waals surface area contributed by atoms with E-state index in [-0.39, 0.29) is 36.0 Å². The first-order valence-electron chi connectivity index (χ1n) is 12.7. The van der Waals surface area contributed by atoms with Gasteiger partial charge >= 0.3 is 11.7 Å². The minimum atomic E-state index is -0.839. The van der Waals surface area contributed by atoms with Crippen LogP contribution >= 0.6 is 0 Å². The van der Waals surface area contributed by atoms with E-state index in [1.165, 1.54) is 19.2 Å². The molecule has 2 aliphatic heterocycles. The van der Waals surface area contributed by atoms with Crippen LogP contribution in [-0.4, -0.2) is 49.7 Å². The molecule has 0 bridgehead atoms. The molecule has 0 saturated heterocycles. The van der Waals surface area contributed by atoms with E-state index < -0.39 is 23.3 Å². The zero-order chi connectivity index (χ0) is 28.1. The third-order valence-corrected chi connectivity index (χ3v) is 6.71. The number of nitrogens with zero attached hydrogens (tertiary/aromatic N) is 3. The lowest BCUT2D eigenvalue weighted by atomic mass is 10.1. The number of rotatable bonds is 10. The molecule has 1 atom stereocenters. The minimum absolute atomic E-state index is 0.104. The van der Waals surface area contributed by atoms with Crippen LogP contribution in [0.25, 0.3) is 22.6 Å². The van der Waals surface area contributed by atoms with E-state index in [0.717, 1.165) is 22.2 Å². The highest BCUT2D eigenvalue weighted by Crippen LogP contribution is 2.24. The molecule has 204 valence electrons. The smallest absolute Gasteiger partial charge is 0.349 e. The number of methoxy groups -OCH3 is 1. The van der Waals surface area contributed by atoms with Gasteiger partial charge in [-0.15, -0.1) is 0 Å². The van der Waals surface area contributed by atoms with Gasteiger partial charge in [-0.2, -0.15) is 4.98 Å². The quantitative estimate of drug-likeness (QED) is 0.159. The first-order valence-corrected chi connectivity index (χ1v) is 12.7. The van der Waals surface area contributed by atoms with Gasteiger partial charge in [0.05, 0.1) is 18.1 Å². The molecule has 4 rings (SSSR count). The number of carbonyl (C=O) groups is 2. The Balaban J connectivity index is 1.40. The molecule has 2 heterocycles. The summed E-state index contributed by atoms with van der Waals surface area (Å²) < 4.78 is 6.68. The van der Waals surface area contributed by atoms with Crippen LogP contribution in [0.4, 0.5) is 0 Å². The van der Waals surface area contributed by atoms with Crippen molar-refractivity contribution in [2.45, 2.75) is 58.5 Å². The highest BCUT2D eigenvalue weighted by Gasteiger charge is 2.22. The molecule has 2 aromatic carbocycles. The summed E-state index contributed by atoms with van der Waals surface area (Å²) in [5.41, 5.74) is 3.07. The topological polar surface area (TPSA) is 156 Å². The lowest BCUT2D eigenvalue weighted by Gasteiger charge is -2.18. The molecular formula is C28H31N5O6. The van der Waals surface area contributed by atoms with Crippen molar-refractivity contribution in [3.63, 3.8) is 0 Å². The maximum absolute atomic E-state index is 12.6. The summed E-state index contributed by atoms with van der Waals surface area (Å²) in [5.74, 6) is -0.473. The van der Waals surface area contributed by atoms with Crippen molar-refractivity contribution < 1.29 is 19.4 Å². The molecule has 0 saturated carbocycles. The number of aromatic nitrogens is 4. The Hall–Kier alpha value is -4.54. The van der Waals surface area contributed by atoms with E-state index in [1.54, 1.807) is 12.1 Å². The standard InChI is InChI=1S/C28H31N5O6/c1-16-13-20-22(14-17(16)2)33(25-24(30-20)26(36)32-28(38)31-25)12-6-4-5-7-23(35)29-21(27(37)39-3)15-18-8-10-19(34)11-9-18/h8-11,13-14,21,34H,4-7,12,15H2,1-3H3,(H,29,35)(H,32,36,38). The number of phenolic OH excluding ortho intramolecular Hbond substituents is 1. The fourth-order valence-electron chi connectivity index (χ4n) is 4.48. The summed E-state index contributed by atoms with van der Waals surface area (Å²) in [4.78, 5) is 59.9. The highest BCUT2D eigenvalue weighted by molar-refractivity contribution is 5.84. The van der Waals surface area contributed by atoms with Crippen LogP contribution < -0.4 is 16.6 Å². The predicted molar refractivity (Wildman–Crippen MR) is 145 cm³/mol. The fourth-order valence-corrected chi connectivity index (χ4v) is 4.48. The summed E-state index contributed by atoms with van der Waals surface area (Å²) in [6.45, 7) is 4.42. The third kappa shape index (κ3) is 6.49. The second-order valence-electron chi connectivity index (χ2n) is 9.56. The maximum atomic E-state index is 12.6. The van der Waals surface area contributed by atoms with Crippen molar-refractivity contribution in [1.29, 1.82) is 0 Å². The molecule has 0 fully saturated rings. The van der Waals surface area contributed by atoms with Crippen LogP contribution in [0.2, 0.25) is 0 Å². The monoisotopic (exact) mass is 533 g/mol. The Morgan fingerprint density at radius 2 is 1.77 bits per heavy atom. The summed E-state index contributed by atoms with van der Waals surface area (Å²) in [7, 11) is 1.27. The number of esters is 1. The van der Waals surface area contributed by atoms with Gasteiger partial charge in [0.2, 0.25) is 5.91 Å². The fraction of sp³-hybridized carbons (Fsp3) is 0.357. The number of H-pyrrole nitrogens is 1. The molecule has 0 aliphatic carbocycles. The number of fused-ring (bicyclic) bond motifs is 2. The molecule has 2 aromatic rings. The van der Waals surface area contributed by atoms with E-state index in [4.69, 9.17) is 4.74 Å². The van der Waals surface area contributed by atoms with E-state index in [0.29, 0.717) is 31.3 Å². The van der Waals surface area contributed by atoms with Crippen molar-refractivity contribution >= 4 is 22.9 Å². The van der Waals surface area contributed by atoms with Crippen LogP contribution in [0.1, 0.15) is 42.4 Å². The number of amides is 1. The Morgan fingerprint density at radius 3 is 2.49 bits per heavy atom. The Labute approximate surface area is 224 Å². The Bertz CT molecular complexity index is 1590. The Morgan fingerprint density at radius 1 is 1.05 bits per heavy atom. The molecule has 0 spiro atoms. The summed E-state index contributed by atoms with van der Waals surface area (Å²) in [6, 6.07) is 9.44. The van der Waals surface area contributed by atoms with Gasteiger partial charge in [-0.1, -0.05) is 18.6 Å². The van der Waals surface area contributed by atoms with Gasteiger partial charge in [0.15, 0.2) is 11.5 Å². The second kappa shape index (κ2) is 11.9. The van der Waals surface area contributed by atoms with Crippen molar-refractivity contribution in [2.24, 2.45) is 0 Å². The largest absolute Gasteiger partial charge is 0.508 e. The number of aromatic amines is 1. The summed E-state index contributed by atoms with van der Waals surface area (Å²) in [6.07, 6.45) is 2.37. The summed E-state index contributed by atoms with van der Waals surface area (Å²) >= 11 is 0. The van der Waals surface area contributed by atoms with Gasteiger partial charge in [-0.05, 0) is 67.6 Å². The van der Waals surface area contributed by atoms with Crippen molar-refractivity contribution in [3.05, 3.63) is 73.9 Å². The van der Waals surface area contributed by atoms with E-state index in [2.05, 4.69) is 20.3 Å². The minimum Gasteiger partial charge on any atom is -0.508 e. The number of aryl methyl sites for hydroxylation is 3. The van der Waals surface area contributed by atoms with Gasteiger partial charge in [0, 0.05) is 19.4 Å². The van der Waals surface area contributed by atoms with Gasteiger partial charge in [0.1, 0.15) is 11.8 Å². The lowest BCUT2D eigenvalue weighted by molar-refractivity contribution is -0.145. The van der Waals surface area contributed by atoms with Crippen LogP contribution in [0.5, 0.6) is 5.75 Å². The number of unbranched alkanes of at least 4 members (excludes halogenated alkanes) is 2. The third-order valence-electron chi connectivity index (χ3n) is 6.71. The number of benzene rings is 2. The normalized spacial score (nSPS) is 12.0. The molecule has 0 radical (unpaired) electrons. The number of ether oxygens (including phenoxy) is 1. The van der Waals surface area contributed by atoms with E-state index in [9.17, 15) is 24.3 Å². The molecule has 0 aromatic heterocycles. The number of hydrogen-bond acceptors (Lipinski definition) is 8. The van der Waals surface area contributed by atoms with Gasteiger partial charge in [0.25, 0.3) is 5.56 Å². The van der Waals surface area contributed by atoms with Crippen molar-refractivity contribution in [1.82, 2.24) is 24.8 Å². The first kappa shape index (κ1) is 27.5. The molecule has 11 nitrogen and oxygen atoms in total. The summed E-state index contributed by atoms with van der Waals surface area (Å²) in [5, 5.41) is 12.2. The Kier molecular flexibility index (Phi) is 8.38. The lowest BCUT2D eigenvalue weighted by Crippen LogP contribution is -2.43. The molecule has 39 heavy (non-hydrogen) atoms. The number of carbonyl (C=O) groups excluding carboxylic acids is 2. The van der Waals surface area contributed by atoms with Gasteiger partial charge in [-0.25, -0.2) is 14.6 Å². The van der Waals surface area contributed by atoms with E-state index >= 15 is 0 Å². The van der Waals surface area contributed by atoms with Crippen molar-refractivity contribution in [2.75, 3.05) is 7.11 Å². The van der Waals surface area contributed by atoms with Crippen LogP contribution in [-0.2, 0) is 27.3 Å². The molecule has 1 unspecified atom stereocenters.